The standard InChI is InChI=1S/C25H19N3O3/c26-15-17-11-13-19(14-12-17)22-21-23(31-28(22)20-9-5-2-6-10-20)25(30)27(24(21)29)16-18-7-3-1-4-8-18/h1-14,21-23H,16H2/t21-,22+,23-/m0/s1. The molecule has 0 N–H and O–H groups in total. The lowest BCUT2D eigenvalue weighted by atomic mass is 9.90. The van der Waals surface area contributed by atoms with Gasteiger partial charge in [0.2, 0.25) is 5.91 Å². The predicted octanol–water partition coefficient (Wildman–Crippen LogP) is 3.60. The third-order valence-corrected chi connectivity index (χ3v) is 5.78. The number of benzene rings is 3. The van der Waals surface area contributed by atoms with Gasteiger partial charge in [0.25, 0.3) is 5.91 Å². The Hall–Kier alpha value is -3.95. The van der Waals surface area contributed by atoms with Crippen LogP contribution in [0.15, 0.2) is 84.9 Å². The minimum Gasteiger partial charge on any atom is -0.275 e. The first-order chi connectivity index (χ1) is 15.2. The topological polar surface area (TPSA) is 73.6 Å². The summed E-state index contributed by atoms with van der Waals surface area (Å²) in [6, 6.07) is 27.6. The third-order valence-electron chi connectivity index (χ3n) is 5.78. The summed E-state index contributed by atoms with van der Waals surface area (Å²) in [7, 11) is 0. The number of hydroxylamine groups is 1. The molecule has 6 heteroatoms. The quantitative estimate of drug-likeness (QED) is 0.616. The molecule has 2 saturated heterocycles. The Labute approximate surface area is 179 Å². The molecular formula is C25H19N3O3. The van der Waals surface area contributed by atoms with Gasteiger partial charge in [-0.2, -0.15) is 5.26 Å². The van der Waals surface area contributed by atoms with Crippen LogP contribution >= 0.6 is 0 Å². The van der Waals surface area contributed by atoms with Crippen molar-refractivity contribution < 1.29 is 14.4 Å². The number of anilines is 1. The van der Waals surface area contributed by atoms with Crippen molar-refractivity contribution in [3.8, 4) is 6.07 Å². The molecule has 0 bridgehead atoms. The maximum Gasteiger partial charge on any atom is 0.262 e. The number of amides is 2. The summed E-state index contributed by atoms with van der Waals surface area (Å²) in [6.07, 6.45) is -0.878. The molecular weight excluding hydrogens is 390 g/mol. The maximum atomic E-state index is 13.4. The summed E-state index contributed by atoms with van der Waals surface area (Å²) in [4.78, 5) is 34.0. The van der Waals surface area contributed by atoms with Crippen molar-refractivity contribution in [1.82, 2.24) is 4.90 Å². The lowest BCUT2D eigenvalue weighted by Gasteiger charge is -2.28. The predicted molar refractivity (Wildman–Crippen MR) is 113 cm³/mol. The Morgan fingerprint density at radius 2 is 1.48 bits per heavy atom. The summed E-state index contributed by atoms with van der Waals surface area (Å²) >= 11 is 0. The van der Waals surface area contributed by atoms with Gasteiger partial charge in [0.05, 0.1) is 29.9 Å². The number of carbonyl (C=O) groups is 2. The Morgan fingerprint density at radius 3 is 2.13 bits per heavy atom. The van der Waals surface area contributed by atoms with E-state index in [-0.39, 0.29) is 18.4 Å². The van der Waals surface area contributed by atoms with Gasteiger partial charge in [-0.3, -0.25) is 19.3 Å². The van der Waals surface area contributed by atoms with E-state index in [9.17, 15) is 9.59 Å². The van der Waals surface area contributed by atoms with Crippen LogP contribution in [0.3, 0.4) is 0 Å². The number of fused-ring (bicyclic) bond motifs is 1. The Morgan fingerprint density at radius 1 is 0.839 bits per heavy atom. The second-order valence-electron chi connectivity index (χ2n) is 7.64. The van der Waals surface area contributed by atoms with Crippen LogP contribution in [-0.2, 0) is 21.0 Å². The highest BCUT2D eigenvalue weighted by atomic mass is 16.7. The average molecular weight is 409 g/mol. The number of hydrogen-bond donors (Lipinski definition) is 0. The Kier molecular flexibility index (Phi) is 4.73. The van der Waals surface area contributed by atoms with Crippen molar-refractivity contribution >= 4 is 17.5 Å². The summed E-state index contributed by atoms with van der Waals surface area (Å²) in [5.41, 5.74) is 3.00. The third kappa shape index (κ3) is 3.25. The molecule has 3 aromatic carbocycles. The van der Waals surface area contributed by atoms with Crippen molar-refractivity contribution in [2.45, 2.75) is 18.7 Å². The minimum absolute atomic E-state index is 0.223. The fraction of sp³-hybridized carbons (Fsp3) is 0.160. The lowest BCUT2D eigenvalue weighted by Crippen LogP contribution is -2.36. The van der Waals surface area contributed by atoms with Crippen LogP contribution in [0, 0.1) is 17.2 Å². The Bertz CT molecular complexity index is 1160. The Balaban J connectivity index is 1.52. The molecule has 3 aromatic rings. The number of rotatable bonds is 4. The van der Waals surface area contributed by atoms with Gasteiger partial charge in [-0.15, -0.1) is 0 Å². The van der Waals surface area contributed by atoms with Crippen LogP contribution in [0.5, 0.6) is 0 Å². The van der Waals surface area contributed by atoms with Gasteiger partial charge in [-0.05, 0) is 35.4 Å². The molecule has 5 rings (SSSR count). The van der Waals surface area contributed by atoms with Crippen LogP contribution in [0.1, 0.15) is 22.7 Å². The fourth-order valence-electron chi connectivity index (χ4n) is 4.29. The van der Waals surface area contributed by atoms with Crippen molar-refractivity contribution in [3.63, 3.8) is 0 Å². The first-order valence-electron chi connectivity index (χ1n) is 10.1. The maximum absolute atomic E-state index is 13.4. The number of nitriles is 1. The molecule has 0 aliphatic carbocycles. The lowest BCUT2D eigenvalue weighted by molar-refractivity contribution is -0.143. The molecule has 2 aliphatic heterocycles. The number of para-hydroxylation sites is 1. The molecule has 2 heterocycles. The largest absolute Gasteiger partial charge is 0.275 e. The second kappa shape index (κ2) is 7.71. The van der Waals surface area contributed by atoms with E-state index in [1.54, 1.807) is 17.2 Å². The van der Waals surface area contributed by atoms with E-state index in [1.165, 1.54) is 4.90 Å². The summed E-state index contributed by atoms with van der Waals surface area (Å²) < 4.78 is 0. The summed E-state index contributed by atoms with van der Waals surface area (Å²) in [5, 5.41) is 10.8. The molecule has 0 spiro atoms. The van der Waals surface area contributed by atoms with Crippen LogP contribution in [-0.4, -0.2) is 22.8 Å². The molecule has 0 aromatic heterocycles. The number of carbonyl (C=O) groups excluding carboxylic acids is 2. The van der Waals surface area contributed by atoms with E-state index in [0.29, 0.717) is 5.56 Å². The second-order valence-corrected chi connectivity index (χ2v) is 7.64. The van der Waals surface area contributed by atoms with Crippen molar-refractivity contribution in [3.05, 3.63) is 102 Å². The van der Waals surface area contributed by atoms with E-state index in [1.807, 2.05) is 72.8 Å². The highest BCUT2D eigenvalue weighted by Crippen LogP contribution is 2.46. The van der Waals surface area contributed by atoms with Gasteiger partial charge in [0.15, 0.2) is 6.10 Å². The van der Waals surface area contributed by atoms with Crippen LogP contribution in [0.2, 0.25) is 0 Å². The monoisotopic (exact) mass is 409 g/mol. The van der Waals surface area contributed by atoms with E-state index in [2.05, 4.69) is 6.07 Å². The molecule has 2 fully saturated rings. The smallest absolute Gasteiger partial charge is 0.262 e. The van der Waals surface area contributed by atoms with Crippen molar-refractivity contribution in [2.24, 2.45) is 5.92 Å². The normalized spacial score (nSPS) is 22.5. The van der Waals surface area contributed by atoms with Gasteiger partial charge in [0.1, 0.15) is 5.92 Å². The summed E-state index contributed by atoms with van der Waals surface area (Å²) in [5.74, 6) is -1.23. The highest BCUT2D eigenvalue weighted by Gasteiger charge is 2.59. The zero-order chi connectivity index (χ0) is 21.4. The molecule has 0 radical (unpaired) electrons. The summed E-state index contributed by atoms with van der Waals surface area (Å²) in [6.45, 7) is 0.223. The first-order valence-corrected chi connectivity index (χ1v) is 10.1. The molecule has 152 valence electrons. The van der Waals surface area contributed by atoms with E-state index in [4.69, 9.17) is 10.1 Å². The van der Waals surface area contributed by atoms with Gasteiger partial charge >= 0.3 is 0 Å². The SMILES string of the molecule is N#Cc1ccc([C@@H]2[C@@H]3C(=O)N(Cc4ccccc4)C(=O)[C@H]3ON2c2ccccc2)cc1. The van der Waals surface area contributed by atoms with Gasteiger partial charge < -0.3 is 0 Å². The minimum atomic E-state index is -0.878. The van der Waals surface area contributed by atoms with Crippen molar-refractivity contribution in [1.29, 1.82) is 5.26 Å². The molecule has 6 nitrogen and oxygen atoms in total. The number of imide groups is 1. The zero-order valence-electron chi connectivity index (χ0n) is 16.6. The molecule has 3 atom stereocenters. The fourth-order valence-corrected chi connectivity index (χ4v) is 4.29. The van der Waals surface area contributed by atoms with Gasteiger partial charge in [-0.1, -0.05) is 60.7 Å². The average Bonchev–Trinajstić information content (AvgIpc) is 3.32. The van der Waals surface area contributed by atoms with Gasteiger partial charge in [0, 0.05) is 0 Å². The molecule has 0 unspecified atom stereocenters. The molecule has 2 aliphatic rings. The number of hydrogen-bond acceptors (Lipinski definition) is 5. The van der Waals surface area contributed by atoms with Gasteiger partial charge in [-0.25, -0.2) is 5.06 Å². The van der Waals surface area contributed by atoms with Crippen LogP contribution < -0.4 is 5.06 Å². The molecule has 2 amide bonds. The molecule has 31 heavy (non-hydrogen) atoms. The van der Waals surface area contributed by atoms with Crippen molar-refractivity contribution in [2.75, 3.05) is 5.06 Å². The van der Waals surface area contributed by atoms with E-state index < -0.39 is 18.1 Å². The highest BCUT2D eigenvalue weighted by molar-refractivity contribution is 6.07. The van der Waals surface area contributed by atoms with Crippen LogP contribution in [0.25, 0.3) is 0 Å². The number of likely N-dealkylation sites (tertiary alicyclic amines) is 1. The number of nitrogens with zero attached hydrogens (tertiary/aromatic N) is 3. The first kappa shape index (κ1) is 19.0. The van der Waals surface area contributed by atoms with E-state index >= 15 is 0 Å². The van der Waals surface area contributed by atoms with E-state index in [0.717, 1.165) is 16.8 Å². The zero-order valence-corrected chi connectivity index (χ0v) is 16.6. The van der Waals surface area contributed by atoms with Crippen LogP contribution in [0.4, 0.5) is 5.69 Å². The molecule has 0 saturated carbocycles.